The predicted molar refractivity (Wildman–Crippen MR) is 187 cm³/mol. The number of nitrogens with two attached hydrogens (primary N) is 1. The zero-order valence-corrected chi connectivity index (χ0v) is 28.3. The molecule has 2 unspecified atom stereocenters. The summed E-state index contributed by atoms with van der Waals surface area (Å²) in [5.41, 5.74) is 3.68. The number of benzene rings is 3. The molecular formula is C38H38N6O7. The Morgan fingerprint density at radius 1 is 1.02 bits per heavy atom. The van der Waals surface area contributed by atoms with Crippen molar-refractivity contribution in [2.45, 2.75) is 49.6 Å². The van der Waals surface area contributed by atoms with Gasteiger partial charge in [0.1, 0.15) is 23.9 Å². The van der Waals surface area contributed by atoms with Gasteiger partial charge in [0, 0.05) is 30.1 Å². The van der Waals surface area contributed by atoms with Crippen LogP contribution >= 0.6 is 0 Å². The van der Waals surface area contributed by atoms with Gasteiger partial charge in [0.05, 0.1) is 24.4 Å². The molecule has 0 saturated carbocycles. The third-order valence-corrected chi connectivity index (χ3v) is 9.60. The van der Waals surface area contributed by atoms with Crippen molar-refractivity contribution < 1.29 is 33.4 Å². The van der Waals surface area contributed by atoms with E-state index in [9.17, 15) is 24.0 Å². The molecule has 3 aromatic carbocycles. The second kappa shape index (κ2) is 14.1. The number of nitrogens with zero attached hydrogens (tertiary/aromatic N) is 3. The molecule has 1 saturated heterocycles. The molecule has 0 bridgehead atoms. The number of hydrogen-bond acceptors (Lipinski definition) is 11. The fourth-order valence-corrected chi connectivity index (χ4v) is 7.01. The van der Waals surface area contributed by atoms with Crippen molar-refractivity contribution in [2.75, 3.05) is 30.3 Å². The lowest BCUT2D eigenvalue weighted by molar-refractivity contribution is -0.141. The first kappa shape index (κ1) is 34.9. The van der Waals surface area contributed by atoms with E-state index in [1.165, 1.54) is 4.90 Å². The number of nitrogens with one attached hydrogen (secondary N) is 2. The van der Waals surface area contributed by atoms with Crippen LogP contribution in [0.5, 0.6) is 11.6 Å². The predicted octanol–water partition coefficient (Wildman–Crippen LogP) is 2.89. The number of aryl methyl sites for hydroxylation is 2. The minimum Gasteiger partial charge on any atom is -0.478 e. The molecular weight excluding hydrogens is 652 g/mol. The molecule has 1 fully saturated rings. The molecule has 13 heteroatoms. The van der Waals surface area contributed by atoms with Crippen molar-refractivity contribution in [1.82, 2.24) is 20.6 Å². The van der Waals surface area contributed by atoms with E-state index in [4.69, 9.17) is 15.2 Å². The first-order chi connectivity index (χ1) is 24.6. The van der Waals surface area contributed by atoms with Crippen molar-refractivity contribution in [2.24, 2.45) is 0 Å². The van der Waals surface area contributed by atoms with Crippen molar-refractivity contribution in [3.63, 3.8) is 0 Å². The summed E-state index contributed by atoms with van der Waals surface area (Å²) in [7, 11) is 0. The fraction of sp³-hybridized carbons (Fsp3) is 0.289. The molecule has 3 atom stereocenters. The number of hydrogen-bond donors (Lipinski definition) is 3. The summed E-state index contributed by atoms with van der Waals surface area (Å²) in [6.07, 6.45) is 1.98. The Balaban J connectivity index is 1.35. The van der Waals surface area contributed by atoms with Crippen LogP contribution in [-0.2, 0) is 31.0 Å². The molecule has 6 rings (SSSR count). The lowest BCUT2D eigenvalue weighted by Crippen LogP contribution is -2.60. The monoisotopic (exact) mass is 690 g/mol. The lowest BCUT2D eigenvalue weighted by atomic mass is 9.65. The van der Waals surface area contributed by atoms with E-state index in [1.54, 1.807) is 86.6 Å². The lowest BCUT2D eigenvalue weighted by Gasteiger charge is -2.41. The number of anilines is 2. The number of aldehydes is 2. The zero-order valence-electron chi connectivity index (χ0n) is 28.3. The minimum absolute atomic E-state index is 0.126. The SMILES string of the molecule is Cc1cc(OCCCc2ccc3c(c2)C(=O)NCC(=O)N3CC(C)(c2ccccc2)[C@@]2(C(=O)Oc3ccccc3)NC2(C=O)CC=O)nc(N)n1. The van der Waals surface area contributed by atoms with E-state index in [0.717, 1.165) is 5.56 Å². The number of carbonyl (C=O) groups is 5. The first-order valence-corrected chi connectivity index (χ1v) is 16.5. The molecule has 3 heterocycles. The number of carbonyl (C=O) groups excluding carboxylic acids is 5. The van der Waals surface area contributed by atoms with Crippen molar-refractivity contribution in [3.05, 3.63) is 107 Å². The van der Waals surface area contributed by atoms with Gasteiger partial charge in [0.15, 0.2) is 5.54 Å². The second-order valence-electron chi connectivity index (χ2n) is 12.9. The second-order valence-corrected chi connectivity index (χ2v) is 12.9. The Morgan fingerprint density at radius 2 is 1.75 bits per heavy atom. The molecule has 51 heavy (non-hydrogen) atoms. The standard InChI is InChI=1S/C38H38N6O7/c1-25-20-31(42-35(39)41-25)50-19-9-10-26-15-16-30-29(21-26)33(48)40-22-32(47)44(30)23-36(2,27-11-5-3-6-12-27)38(37(24-46,43-38)17-18-45)34(49)51-28-13-7-4-8-14-28/h3-8,11-16,18,20-21,24,43H,9-10,17,19,22-23H2,1-2H3,(H,40,48)(H2,39,41,42)/t36?,37?,38-/m1/s1. The van der Waals surface area contributed by atoms with E-state index in [-0.39, 0.29) is 36.8 Å². The molecule has 2 amide bonds. The van der Waals surface area contributed by atoms with Gasteiger partial charge in [0.25, 0.3) is 5.91 Å². The van der Waals surface area contributed by atoms with Crippen LogP contribution in [0, 0.1) is 6.92 Å². The molecule has 13 nitrogen and oxygen atoms in total. The van der Waals surface area contributed by atoms with Crippen molar-refractivity contribution >= 4 is 42.0 Å². The molecule has 0 spiro atoms. The number of fused-ring (bicyclic) bond motifs is 1. The number of aromatic nitrogens is 2. The quantitative estimate of drug-likeness (QED) is 0.0579. The van der Waals surface area contributed by atoms with Crippen molar-refractivity contribution in [3.8, 4) is 11.6 Å². The Kier molecular flexibility index (Phi) is 9.66. The first-order valence-electron chi connectivity index (χ1n) is 16.5. The number of para-hydroxylation sites is 1. The highest BCUT2D eigenvalue weighted by atomic mass is 16.5. The number of amides is 2. The van der Waals surface area contributed by atoms with Crippen LogP contribution in [0.3, 0.4) is 0 Å². The van der Waals surface area contributed by atoms with Gasteiger partial charge >= 0.3 is 5.97 Å². The van der Waals surface area contributed by atoms with Gasteiger partial charge in [-0.2, -0.15) is 4.98 Å². The molecule has 2 aliphatic heterocycles. The molecule has 1 aromatic heterocycles. The summed E-state index contributed by atoms with van der Waals surface area (Å²) in [4.78, 5) is 76.1. The van der Waals surface area contributed by atoms with Crippen LogP contribution in [0.25, 0.3) is 0 Å². The summed E-state index contributed by atoms with van der Waals surface area (Å²) < 4.78 is 11.6. The summed E-state index contributed by atoms with van der Waals surface area (Å²) in [5.74, 6) is -0.900. The summed E-state index contributed by atoms with van der Waals surface area (Å²) in [6, 6.07) is 24.3. The molecule has 262 valence electrons. The van der Waals surface area contributed by atoms with E-state index in [1.807, 2.05) is 12.1 Å². The summed E-state index contributed by atoms with van der Waals surface area (Å²) in [6.45, 7) is 3.44. The maximum absolute atomic E-state index is 14.4. The minimum atomic E-state index is -1.78. The van der Waals surface area contributed by atoms with Crippen LogP contribution < -0.4 is 30.7 Å². The van der Waals surface area contributed by atoms with Crippen LogP contribution in [0.15, 0.2) is 84.9 Å². The highest BCUT2D eigenvalue weighted by Crippen LogP contribution is 2.54. The van der Waals surface area contributed by atoms with E-state index >= 15 is 0 Å². The van der Waals surface area contributed by atoms with Gasteiger partial charge in [-0.15, -0.1) is 0 Å². The number of ether oxygens (including phenoxy) is 2. The summed E-state index contributed by atoms with van der Waals surface area (Å²) >= 11 is 0. The number of nitrogen functional groups attached to an aromatic ring is 1. The van der Waals surface area contributed by atoms with Crippen LogP contribution in [-0.4, -0.2) is 71.1 Å². The highest BCUT2D eigenvalue weighted by Gasteiger charge is 2.80. The maximum atomic E-state index is 14.4. The topological polar surface area (TPSA) is 193 Å². The zero-order chi connectivity index (χ0) is 36.2. The third-order valence-electron chi connectivity index (χ3n) is 9.60. The van der Waals surface area contributed by atoms with Crippen LogP contribution in [0.2, 0.25) is 0 Å². The Bertz CT molecular complexity index is 1960. The van der Waals surface area contributed by atoms with Gasteiger partial charge < -0.3 is 35.0 Å². The Morgan fingerprint density at radius 3 is 2.43 bits per heavy atom. The molecule has 2 aliphatic rings. The van der Waals surface area contributed by atoms with Gasteiger partial charge in [0.2, 0.25) is 17.7 Å². The van der Waals surface area contributed by atoms with E-state index < -0.39 is 34.3 Å². The molecule has 0 aliphatic carbocycles. The van der Waals surface area contributed by atoms with E-state index in [0.29, 0.717) is 54.8 Å². The van der Waals surface area contributed by atoms with Crippen molar-refractivity contribution in [1.29, 1.82) is 0 Å². The molecule has 4 aromatic rings. The van der Waals surface area contributed by atoms with Gasteiger partial charge in [-0.1, -0.05) is 61.5 Å². The Labute approximate surface area is 294 Å². The third kappa shape index (κ3) is 6.55. The maximum Gasteiger partial charge on any atom is 0.335 e. The molecule has 4 N–H and O–H groups in total. The van der Waals surface area contributed by atoms with Gasteiger partial charge in [-0.3, -0.25) is 14.9 Å². The molecule has 0 radical (unpaired) electrons. The fourth-order valence-electron chi connectivity index (χ4n) is 7.01. The average molecular weight is 691 g/mol. The highest BCUT2D eigenvalue weighted by molar-refractivity contribution is 6.10. The summed E-state index contributed by atoms with van der Waals surface area (Å²) in [5, 5.41) is 5.79. The largest absolute Gasteiger partial charge is 0.478 e. The van der Waals surface area contributed by atoms with E-state index in [2.05, 4.69) is 20.6 Å². The number of esters is 1. The number of rotatable bonds is 14. The van der Waals surface area contributed by atoms with Crippen LogP contribution in [0.4, 0.5) is 11.6 Å². The smallest absolute Gasteiger partial charge is 0.335 e. The normalized spacial score (nSPS) is 20.6. The van der Waals surface area contributed by atoms with Gasteiger partial charge in [-0.25, -0.2) is 9.78 Å². The average Bonchev–Trinajstić information content (AvgIpc) is 3.84. The van der Waals surface area contributed by atoms with Crippen LogP contribution in [0.1, 0.15) is 46.9 Å². The Hall–Kier alpha value is -5.95. The van der Waals surface area contributed by atoms with Gasteiger partial charge in [-0.05, 0) is 55.2 Å².